The van der Waals surface area contributed by atoms with Gasteiger partial charge in [-0.2, -0.15) is 5.26 Å². The number of rotatable bonds is 5. The minimum absolute atomic E-state index is 0.00739. The van der Waals surface area contributed by atoms with Crippen LogP contribution in [0.4, 0.5) is 5.13 Å². The number of carbonyl (C=O) groups excluding carboxylic acids is 1. The van der Waals surface area contributed by atoms with Crippen LogP contribution in [0.2, 0.25) is 0 Å². The van der Waals surface area contributed by atoms with Crippen LogP contribution in [0.5, 0.6) is 0 Å². The van der Waals surface area contributed by atoms with Crippen LogP contribution in [0, 0.1) is 11.3 Å². The van der Waals surface area contributed by atoms with Gasteiger partial charge in [0.2, 0.25) is 0 Å². The van der Waals surface area contributed by atoms with Gasteiger partial charge in [-0.3, -0.25) is 4.79 Å². The van der Waals surface area contributed by atoms with Crippen LogP contribution in [0.3, 0.4) is 0 Å². The fourth-order valence-electron chi connectivity index (χ4n) is 1.68. The largest absolute Gasteiger partial charge is 0.345 e. The summed E-state index contributed by atoms with van der Waals surface area (Å²) in [4.78, 5) is 16.1. The van der Waals surface area contributed by atoms with Crippen LogP contribution in [0.1, 0.15) is 18.5 Å². The molecule has 0 fully saturated rings. The molecule has 0 bridgehead atoms. The van der Waals surface area contributed by atoms with Crippen molar-refractivity contribution in [1.29, 1.82) is 5.26 Å². The number of carbonyl (C=O) groups is 1. The molecule has 1 heterocycles. The van der Waals surface area contributed by atoms with Crippen LogP contribution >= 0.6 is 11.3 Å². The Morgan fingerprint density at radius 1 is 1.43 bits per heavy atom. The number of nitrogens with zero attached hydrogens (tertiary/aromatic N) is 2. The standard InChI is InChI=1S/C15H14N4OS/c1-11(12-5-3-2-4-6-12)19-14(20)13(9-16)10-18-15-17-7-8-21-15/h2-8,10-11H,1H3,(H,17,18)(H,19,20)/b13-10-. The van der Waals surface area contributed by atoms with E-state index < -0.39 is 5.91 Å². The second-order valence-electron chi connectivity index (χ2n) is 4.26. The zero-order valence-corrected chi connectivity index (χ0v) is 12.2. The first-order valence-corrected chi connectivity index (χ1v) is 7.21. The maximum atomic E-state index is 12.1. The van der Waals surface area contributed by atoms with Crippen LogP contribution in [-0.4, -0.2) is 10.9 Å². The average molecular weight is 298 g/mol. The van der Waals surface area contributed by atoms with Gasteiger partial charge in [0, 0.05) is 17.8 Å². The normalized spacial score (nSPS) is 12.3. The van der Waals surface area contributed by atoms with Gasteiger partial charge in [0.15, 0.2) is 5.13 Å². The van der Waals surface area contributed by atoms with Crippen molar-refractivity contribution in [2.75, 3.05) is 5.32 Å². The molecule has 0 aliphatic heterocycles. The Bertz CT molecular complexity index is 659. The highest BCUT2D eigenvalue weighted by atomic mass is 32.1. The molecule has 0 saturated heterocycles. The van der Waals surface area contributed by atoms with Gasteiger partial charge < -0.3 is 10.6 Å². The summed E-state index contributed by atoms with van der Waals surface area (Å²) in [5.74, 6) is -0.419. The van der Waals surface area contributed by atoms with Gasteiger partial charge in [-0.25, -0.2) is 4.98 Å². The molecule has 106 valence electrons. The molecule has 1 amide bonds. The number of hydrogen-bond donors (Lipinski definition) is 2. The van der Waals surface area contributed by atoms with Gasteiger partial charge in [0.05, 0.1) is 6.04 Å². The van der Waals surface area contributed by atoms with Crippen molar-refractivity contribution in [2.45, 2.75) is 13.0 Å². The molecule has 1 unspecified atom stereocenters. The van der Waals surface area contributed by atoms with Crippen LogP contribution in [0.15, 0.2) is 53.7 Å². The zero-order valence-electron chi connectivity index (χ0n) is 11.4. The molecule has 0 aliphatic carbocycles. The highest BCUT2D eigenvalue weighted by molar-refractivity contribution is 7.13. The van der Waals surface area contributed by atoms with Crippen molar-refractivity contribution in [3.8, 4) is 6.07 Å². The monoisotopic (exact) mass is 298 g/mol. The highest BCUT2D eigenvalue weighted by Gasteiger charge is 2.13. The Hall–Kier alpha value is -2.65. The average Bonchev–Trinajstić information content (AvgIpc) is 3.02. The second-order valence-corrected chi connectivity index (χ2v) is 5.15. The van der Waals surface area contributed by atoms with E-state index in [4.69, 9.17) is 5.26 Å². The lowest BCUT2D eigenvalue weighted by atomic mass is 10.1. The number of amides is 1. The first-order valence-electron chi connectivity index (χ1n) is 6.33. The maximum absolute atomic E-state index is 12.1. The summed E-state index contributed by atoms with van der Waals surface area (Å²) < 4.78 is 0. The molecule has 0 saturated carbocycles. The van der Waals surface area contributed by atoms with Crippen molar-refractivity contribution in [3.63, 3.8) is 0 Å². The molecule has 1 aromatic heterocycles. The fourth-order valence-corrected chi connectivity index (χ4v) is 2.18. The third kappa shape index (κ3) is 4.16. The minimum atomic E-state index is -0.419. The highest BCUT2D eigenvalue weighted by Crippen LogP contribution is 2.13. The summed E-state index contributed by atoms with van der Waals surface area (Å²) in [6.07, 6.45) is 3.01. The number of thiazole rings is 1. The van der Waals surface area contributed by atoms with E-state index in [2.05, 4.69) is 15.6 Å². The summed E-state index contributed by atoms with van der Waals surface area (Å²) in [7, 11) is 0. The van der Waals surface area contributed by atoms with E-state index in [-0.39, 0.29) is 11.6 Å². The third-order valence-electron chi connectivity index (χ3n) is 2.78. The van der Waals surface area contributed by atoms with Gasteiger partial charge in [-0.1, -0.05) is 30.3 Å². The summed E-state index contributed by atoms with van der Waals surface area (Å²) in [5.41, 5.74) is 0.990. The molecular weight excluding hydrogens is 284 g/mol. The SMILES string of the molecule is CC(NC(=O)/C(C#N)=C\Nc1nccs1)c1ccccc1. The Labute approximate surface area is 127 Å². The van der Waals surface area contributed by atoms with E-state index in [0.717, 1.165) is 5.56 Å². The Morgan fingerprint density at radius 3 is 2.81 bits per heavy atom. The van der Waals surface area contributed by atoms with E-state index in [1.807, 2.05) is 43.3 Å². The molecule has 0 spiro atoms. The van der Waals surface area contributed by atoms with Gasteiger partial charge >= 0.3 is 0 Å². The molecule has 2 rings (SSSR count). The molecule has 5 nitrogen and oxygen atoms in total. The number of hydrogen-bond acceptors (Lipinski definition) is 5. The lowest BCUT2D eigenvalue weighted by Gasteiger charge is -2.13. The van der Waals surface area contributed by atoms with Crippen LogP contribution in [-0.2, 0) is 4.79 Å². The summed E-state index contributed by atoms with van der Waals surface area (Å²) in [6.45, 7) is 1.87. The number of anilines is 1. The lowest BCUT2D eigenvalue weighted by molar-refractivity contribution is -0.117. The number of benzene rings is 1. The zero-order chi connectivity index (χ0) is 15.1. The third-order valence-corrected chi connectivity index (χ3v) is 3.49. The van der Waals surface area contributed by atoms with E-state index in [1.54, 1.807) is 11.6 Å². The first-order chi connectivity index (χ1) is 10.2. The summed E-state index contributed by atoms with van der Waals surface area (Å²) in [5, 5.41) is 17.1. The van der Waals surface area contributed by atoms with Crippen molar-refractivity contribution < 1.29 is 4.79 Å². The van der Waals surface area contributed by atoms with Gasteiger partial charge in [-0.05, 0) is 12.5 Å². The van der Waals surface area contributed by atoms with Crippen molar-refractivity contribution in [2.24, 2.45) is 0 Å². The summed E-state index contributed by atoms with van der Waals surface area (Å²) in [6, 6.07) is 11.3. The Balaban J connectivity index is 2.00. The Kier molecular flexibility index (Phi) is 5.07. The molecule has 21 heavy (non-hydrogen) atoms. The topological polar surface area (TPSA) is 77.8 Å². The quantitative estimate of drug-likeness (QED) is 0.657. The maximum Gasteiger partial charge on any atom is 0.263 e. The molecule has 0 aliphatic rings. The van der Waals surface area contributed by atoms with Crippen molar-refractivity contribution in [3.05, 3.63) is 59.2 Å². The predicted octanol–water partition coefficient (Wildman–Crippen LogP) is 2.84. The minimum Gasteiger partial charge on any atom is -0.345 e. The van der Waals surface area contributed by atoms with Crippen molar-refractivity contribution >= 4 is 22.4 Å². The van der Waals surface area contributed by atoms with E-state index in [1.165, 1.54) is 17.5 Å². The van der Waals surface area contributed by atoms with E-state index in [9.17, 15) is 4.79 Å². The van der Waals surface area contributed by atoms with Crippen LogP contribution in [0.25, 0.3) is 0 Å². The fraction of sp³-hybridized carbons (Fsp3) is 0.133. The number of aromatic nitrogens is 1. The van der Waals surface area contributed by atoms with Crippen molar-refractivity contribution in [1.82, 2.24) is 10.3 Å². The van der Waals surface area contributed by atoms with Gasteiger partial charge in [0.1, 0.15) is 11.6 Å². The van der Waals surface area contributed by atoms with Crippen LogP contribution < -0.4 is 10.6 Å². The molecule has 0 radical (unpaired) electrons. The summed E-state index contributed by atoms with van der Waals surface area (Å²) >= 11 is 1.39. The number of nitriles is 1. The second kappa shape index (κ2) is 7.22. The predicted molar refractivity (Wildman–Crippen MR) is 82.4 cm³/mol. The lowest BCUT2D eigenvalue weighted by Crippen LogP contribution is -2.28. The smallest absolute Gasteiger partial charge is 0.263 e. The van der Waals surface area contributed by atoms with Gasteiger partial charge in [-0.15, -0.1) is 11.3 Å². The molecular formula is C15H14N4OS. The number of nitrogens with one attached hydrogen (secondary N) is 2. The molecule has 2 N–H and O–H groups in total. The molecule has 1 aromatic carbocycles. The molecule has 1 atom stereocenters. The van der Waals surface area contributed by atoms with E-state index in [0.29, 0.717) is 5.13 Å². The van der Waals surface area contributed by atoms with E-state index >= 15 is 0 Å². The molecule has 2 aromatic rings. The first kappa shape index (κ1) is 14.8. The Morgan fingerprint density at radius 2 is 2.19 bits per heavy atom. The van der Waals surface area contributed by atoms with Gasteiger partial charge in [0.25, 0.3) is 5.91 Å². The molecule has 6 heteroatoms.